The van der Waals surface area contributed by atoms with Crippen LogP contribution in [0.15, 0.2) is 42.5 Å². The lowest BCUT2D eigenvalue weighted by Crippen LogP contribution is -2.05. The summed E-state index contributed by atoms with van der Waals surface area (Å²) in [5, 5.41) is 8.79. The number of nitrogens with zero attached hydrogens (tertiary/aromatic N) is 1. The first kappa shape index (κ1) is 14.5. The van der Waals surface area contributed by atoms with E-state index in [1.165, 1.54) is 19.2 Å². The van der Waals surface area contributed by atoms with Crippen LogP contribution in [0, 0.1) is 17.1 Å². The van der Waals surface area contributed by atoms with Gasteiger partial charge in [0.2, 0.25) is 0 Å². The maximum Gasteiger partial charge on any atom is 0.340 e. The van der Waals surface area contributed by atoms with Crippen LogP contribution in [0.1, 0.15) is 21.5 Å². The zero-order valence-electron chi connectivity index (χ0n) is 11.3. The summed E-state index contributed by atoms with van der Waals surface area (Å²) >= 11 is 0. The summed E-state index contributed by atoms with van der Waals surface area (Å²) in [4.78, 5) is 11.3. The van der Waals surface area contributed by atoms with Gasteiger partial charge >= 0.3 is 5.97 Å². The number of hydrogen-bond acceptors (Lipinski definition) is 4. The second-order valence-corrected chi connectivity index (χ2v) is 4.23. The monoisotopic (exact) mass is 285 g/mol. The highest BCUT2D eigenvalue weighted by Gasteiger charge is 2.12. The Kier molecular flexibility index (Phi) is 4.52. The van der Waals surface area contributed by atoms with E-state index < -0.39 is 11.8 Å². The third-order valence-electron chi connectivity index (χ3n) is 2.81. The zero-order valence-corrected chi connectivity index (χ0v) is 11.3. The Morgan fingerprint density at radius 2 is 2.10 bits per heavy atom. The van der Waals surface area contributed by atoms with Gasteiger partial charge in [0, 0.05) is 0 Å². The van der Waals surface area contributed by atoms with Crippen molar-refractivity contribution in [1.82, 2.24) is 0 Å². The van der Waals surface area contributed by atoms with Gasteiger partial charge in [-0.3, -0.25) is 0 Å². The second kappa shape index (κ2) is 6.53. The molecule has 0 aliphatic carbocycles. The molecular weight excluding hydrogens is 273 g/mol. The zero-order chi connectivity index (χ0) is 15.2. The molecule has 2 rings (SSSR count). The maximum absolute atomic E-state index is 13.7. The number of carbonyl (C=O) groups is 1. The van der Waals surface area contributed by atoms with Gasteiger partial charge in [-0.15, -0.1) is 0 Å². The van der Waals surface area contributed by atoms with Gasteiger partial charge in [0.05, 0.1) is 24.3 Å². The van der Waals surface area contributed by atoms with Crippen molar-refractivity contribution in [2.45, 2.75) is 6.61 Å². The van der Waals surface area contributed by atoms with E-state index in [9.17, 15) is 9.18 Å². The van der Waals surface area contributed by atoms with Crippen molar-refractivity contribution in [3.63, 3.8) is 0 Å². The minimum Gasteiger partial charge on any atom is -0.489 e. The summed E-state index contributed by atoms with van der Waals surface area (Å²) in [7, 11) is 1.20. The summed E-state index contributed by atoms with van der Waals surface area (Å²) in [6.07, 6.45) is 0. The van der Waals surface area contributed by atoms with Crippen LogP contribution >= 0.6 is 0 Å². The lowest BCUT2D eigenvalue weighted by Gasteiger charge is -2.08. The number of ether oxygens (including phenoxy) is 2. The fourth-order valence-corrected chi connectivity index (χ4v) is 1.75. The molecule has 0 radical (unpaired) electrons. The van der Waals surface area contributed by atoms with Crippen LogP contribution in [-0.2, 0) is 11.3 Å². The Bertz CT molecular complexity index is 707. The molecule has 2 aromatic rings. The molecule has 0 spiro atoms. The van der Waals surface area contributed by atoms with Crippen molar-refractivity contribution in [3.8, 4) is 11.8 Å². The Hall–Kier alpha value is -2.87. The van der Waals surface area contributed by atoms with E-state index in [2.05, 4.69) is 4.74 Å². The van der Waals surface area contributed by atoms with Crippen molar-refractivity contribution in [2.24, 2.45) is 0 Å². The summed E-state index contributed by atoms with van der Waals surface area (Å²) < 4.78 is 23.7. The van der Waals surface area contributed by atoms with E-state index in [-0.39, 0.29) is 12.2 Å². The van der Waals surface area contributed by atoms with E-state index in [4.69, 9.17) is 10.00 Å². The topological polar surface area (TPSA) is 59.3 Å². The number of carbonyl (C=O) groups excluding carboxylic acids is 1. The molecule has 0 saturated heterocycles. The lowest BCUT2D eigenvalue weighted by molar-refractivity contribution is 0.0595. The van der Waals surface area contributed by atoms with Gasteiger partial charge in [-0.1, -0.05) is 12.1 Å². The molecule has 0 atom stereocenters. The van der Waals surface area contributed by atoms with E-state index in [0.717, 1.165) is 0 Å². The first-order valence-electron chi connectivity index (χ1n) is 6.13. The molecule has 0 aromatic heterocycles. The van der Waals surface area contributed by atoms with Crippen LogP contribution in [0.3, 0.4) is 0 Å². The fraction of sp³-hybridized carbons (Fsp3) is 0.125. The number of benzene rings is 2. The van der Waals surface area contributed by atoms with Gasteiger partial charge in [-0.2, -0.15) is 5.26 Å². The van der Waals surface area contributed by atoms with Crippen molar-refractivity contribution in [3.05, 3.63) is 65.0 Å². The molecule has 5 heteroatoms. The van der Waals surface area contributed by atoms with Gasteiger partial charge in [0.25, 0.3) is 0 Å². The van der Waals surface area contributed by atoms with Crippen molar-refractivity contribution < 1.29 is 18.7 Å². The van der Waals surface area contributed by atoms with Gasteiger partial charge in [0.1, 0.15) is 18.2 Å². The first-order valence-corrected chi connectivity index (χ1v) is 6.13. The molecule has 106 valence electrons. The Morgan fingerprint density at radius 1 is 1.29 bits per heavy atom. The predicted molar refractivity (Wildman–Crippen MR) is 73.2 cm³/mol. The molecule has 0 bridgehead atoms. The molecular formula is C16H12FNO3. The average Bonchev–Trinajstić information content (AvgIpc) is 2.52. The molecule has 0 aliphatic rings. The van der Waals surface area contributed by atoms with Crippen LogP contribution in [0.25, 0.3) is 0 Å². The van der Waals surface area contributed by atoms with E-state index in [0.29, 0.717) is 16.9 Å². The summed E-state index contributed by atoms with van der Waals surface area (Å²) in [6.45, 7) is 0.132. The van der Waals surface area contributed by atoms with Crippen LogP contribution in [0.4, 0.5) is 4.39 Å². The van der Waals surface area contributed by atoms with Gasteiger partial charge < -0.3 is 9.47 Å². The molecule has 0 fully saturated rings. The Balaban J connectivity index is 2.08. The van der Waals surface area contributed by atoms with Gasteiger partial charge in [-0.25, -0.2) is 9.18 Å². The third kappa shape index (κ3) is 3.57. The highest BCUT2D eigenvalue weighted by atomic mass is 19.1. The minimum atomic E-state index is -0.721. The van der Waals surface area contributed by atoms with Crippen molar-refractivity contribution >= 4 is 5.97 Å². The molecule has 21 heavy (non-hydrogen) atoms. The molecule has 2 aromatic carbocycles. The van der Waals surface area contributed by atoms with Crippen LogP contribution < -0.4 is 4.74 Å². The van der Waals surface area contributed by atoms with Crippen molar-refractivity contribution in [1.29, 1.82) is 5.26 Å². The molecule has 0 amide bonds. The fourth-order valence-electron chi connectivity index (χ4n) is 1.75. The number of hydrogen-bond donors (Lipinski definition) is 0. The number of methoxy groups -OCH3 is 1. The number of esters is 1. The van der Waals surface area contributed by atoms with Gasteiger partial charge in [0.15, 0.2) is 0 Å². The summed E-state index contributed by atoms with van der Waals surface area (Å²) in [5.74, 6) is -0.859. The van der Waals surface area contributed by atoms with E-state index in [1.807, 2.05) is 6.07 Å². The Morgan fingerprint density at radius 3 is 2.76 bits per heavy atom. The predicted octanol–water partition coefficient (Wildman–Crippen LogP) is 3.06. The van der Waals surface area contributed by atoms with E-state index >= 15 is 0 Å². The van der Waals surface area contributed by atoms with Crippen molar-refractivity contribution in [2.75, 3.05) is 7.11 Å². The second-order valence-electron chi connectivity index (χ2n) is 4.23. The Labute approximate surface area is 121 Å². The third-order valence-corrected chi connectivity index (χ3v) is 2.81. The molecule has 0 heterocycles. The normalized spacial score (nSPS) is 9.76. The number of nitriles is 1. The first-order chi connectivity index (χ1) is 10.1. The largest absolute Gasteiger partial charge is 0.489 e. The van der Waals surface area contributed by atoms with Crippen LogP contribution in [0.2, 0.25) is 0 Å². The molecule has 0 unspecified atom stereocenters. The lowest BCUT2D eigenvalue weighted by atomic mass is 10.1. The average molecular weight is 285 g/mol. The van der Waals surface area contributed by atoms with Gasteiger partial charge in [-0.05, 0) is 35.9 Å². The quantitative estimate of drug-likeness (QED) is 0.810. The molecule has 0 N–H and O–H groups in total. The number of halogens is 1. The molecule has 0 saturated carbocycles. The standard InChI is InChI=1S/C16H12FNO3/c1-20-16(19)14-6-5-12(8-15(14)17)10-21-13-4-2-3-11(7-13)9-18/h2-8H,10H2,1H3. The van der Waals surface area contributed by atoms with E-state index in [1.54, 1.807) is 30.3 Å². The number of rotatable bonds is 4. The highest BCUT2D eigenvalue weighted by molar-refractivity contribution is 5.89. The van der Waals surface area contributed by atoms with Crippen LogP contribution in [-0.4, -0.2) is 13.1 Å². The SMILES string of the molecule is COC(=O)c1ccc(COc2cccc(C#N)c2)cc1F. The maximum atomic E-state index is 13.7. The smallest absolute Gasteiger partial charge is 0.340 e. The highest BCUT2D eigenvalue weighted by Crippen LogP contribution is 2.16. The summed E-state index contributed by atoms with van der Waals surface area (Å²) in [5.41, 5.74) is 0.940. The van der Waals surface area contributed by atoms with Crippen LogP contribution in [0.5, 0.6) is 5.75 Å². The minimum absolute atomic E-state index is 0.118. The molecule has 0 aliphatic heterocycles. The molecule has 4 nitrogen and oxygen atoms in total. The summed E-state index contributed by atoms with van der Waals surface area (Å²) in [6, 6.07) is 12.8.